The minimum atomic E-state index is -1.28. The molecule has 3 rings (SSSR count). The van der Waals surface area contributed by atoms with Gasteiger partial charge in [0.25, 0.3) is 0 Å². The normalized spacial score (nSPS) is 30.7. The summed E-state index contributed by atoms with van der Waals surface area (Å²) in [7, 11) is -1.28. The average Bonchev–Trinajstić information content (AvgIpc) is 2.88. The number of rotatable bonds is 7. The maximum absolute atomic E-state index is 6.65. The minimum Gasteiger partial charge on any atom is -0.411 e. The van der Waals surface area contributed by atoms with Gasteiger partial charge in [0.2, 0.25) is 0 Å². The molecule has 0 aliphatic carbocycles. The Morgan fingerprint density at radius 1 is 1.24 bits per heavy atom. The van der Waals surface area contributed by atoms with Crippen molar-refractivity contribution in [2.24, 2.45) is 0 Å². The second kappa shape index (κ2) is 5.24. The smallest absolute Gasteiger partial charge is 0.199 e. The van der Waals surface area contributed by atoms with Crippen molar-refractivity contribution in [3.8, 4) is 0 Å². The van der Waals surface area contributed by atoms with Crippen molar-refractivity contribution in [2.45, 2.75) is 82.5 Å². The Morgan fingerprint density at radius 3 is 2.52 bits per heavy atom. The quantitative estimate of drug-likeness (QED) is 0.593. The van der Waals surface area contributed by atoms with Gasteiger partial charge in [-0.05, 0) is 75.6 Å². The topological polar surface area (TPSA) is 9.23 Å². The van der Waals surface area contributed by atoms with Gasteiger partial charge in [-0.15, -0.1) is 0 Å². The van der Waals surface area contributed by atoms with Crippen molar-refractivity contribution in [2.75, 3.05) is 0 Å². The van der Waals surface area contributed by atoms with Gasteiger partial charge in [0, 0.05) is 0 Å². The summed E-state index contributed by atoms with van der Waals surface area (Å²) in [6.45, 7) is 8.98. The van der Waals surface area contributed by atoms with Gasteiger partial charge in [0.15, 0.2) is 8.32 Å². The van der Waals surface area contributed by atoms with Crippen LogP contribution < -0.4 is 0 Å². The van der Waals surface area contributed by atoms with Crippen molar-refractivity contribution in [1.29, 1.82) is 0 Å². The van der Waals surface area contributed by atoms with Crippen molar-refractivity contribution in [1.82, 2.24) is 0 Å². The zero-order chi connectivity index (χ0) is 15.1. The van der Waals surface area contributed by atoms with Crippen LogP contribution in [0.5, 0.6) is 0 Å². The number of aryl methyl sites for hydroxylation is 2. The molecular formula is C19H30OSi. The van der Waals surface area contributed by atoms with Crippen molar-refractivity contribution in [3.63, 3.8) is 0 Å². The zero-order valence-electron chi connectivity index (χ0n) is 14.2. The van der Waals surface area contributed by atoms with E-state index in [0.717, 1.165) is 6.42 Å². The fraction of sp³-hybridized carbons (Fsp3) is 0.684. The van der Waals surface area contributed by atoms with Gasteiger partial charge in [-0.1, -0.05) is 36.8 Å². The van der Waals surface area contributed by atoms with E-state index in [4.69, 9.17) is 4.43 Å². The summed E-state index contributed by atoms with van der Waals surface area (Å²) >= 11 is 0. The average molecular weight is 303 g/mol. The lowest BCUT2D eigenvalue weighted by atomic mass is 9.98. The number of fused-ring (bicyclic) bond motifs is 1. The van der Waals surface area contributed by atoms with Crippen LogP contribution in [0.2, 0.25) is 17.1 Å². The van der Waals surface area contributed by atoms with Crippen LogP contribution in [0, 0.1) is 6.92 Å². The van der Waals surface area contributed by atoms with Crippen LogP contribution in [0.3, 0.4) is 0 Å². The summed E-state index contributed by atoms with van der Waals surface area (Å²) in [4.78, 5) is 0. The molecule has 0 N–H and O–H groups in total. The highest BCUT2D eigenvalue weighted by atomic mass is 28.4. The second-order valence-electron chi connectivity index (χ2n) is 8.01. The predicted octanol–water partition coefficient (Wildman–Crippen LogP) is 5.63. The third-order valence-electron chi connectivity index (χ3n) is 6.04. The maximum Gasteiger partial charge on any atom is 0.199 e. The monoisotopic (exact) mass is 302 g/mol. The van der Waals surface area contributed by atoms with Gasteiger partial charge in [-0.2, -0.15) is 0 Å². The molecule has 0 spiro atoms. The van der Waals surface area contributed by atoms with E-state index in [2.05, 4.69) is 52.0 Å². The molecule has 0 bridgehead atoms. The first-order chi connectivity index (χ1) is 9.90. The highest BCUT2D eigenvalue weighted by Gasteiger charge is 2.77. The summed E-state index contributed by atoms with van der Waals surface area (Å²) in [5, 5.41) is 0.685. The molecule has 2 fully saturated rings. The van der Waals surface area contributed by atoms with Gasteiger partial charge in [-0.3, -0.25) is 0 Å². The van der Waals surface area contributed by atoms with Gasteiger partial charge in [-0.25, -0.2) is 0 Å². The highest BCUT2D eigenvalue weighted by molar-refractivity contribution is 6.90. The van der Waals surface area contributed by atoms with Crippen LogP contribution in [0.15, 0.2) is 24.3 Å². The van der Waals surface area contributed by atoms with Crippen LogP contribution in [0.4, 0.5) is 0 Å². The molecule has 1 nitrogen and oxygen atoms in total. The summed E-state index contributed by atoms with van der Waals surface area (Å²) in [5.74, 6) is 0. The van der Waals surface area contributed by atoms with E-state index in [9.17, 15) is 0 Å². The summed E-state index contributed by atoms with van der Waals surface area (Å²) in [6.07, 6.45) is 6.58. The lowest BCUT2D eigenvalue weighted by Gasteiger charge is -2.40. The van der Waals surface area contributed by atoms with Crippen molar-refractivity contribution in [3.05, 3.63) is 35.4 Å². The molecule has 1 aromatic carbocycles. The van der Waals surface area contributed by atoms with Crippen molar-refractivity contribution < 1.29 is 4.43 Å². The second-order valence-corrected chi connectivity index (χ2v) is 12.1. The van der Waals surface area contributed by atoms with Crippen LogP contribution in [0.25, 0.3) is 0 Å². The zero-order valence-corrected chi connectivity index (χ0v) is 15.2. The third kappa shape index (κ3) is 2.85. The maximum atomic E-state index is 6.65. The first-order valence-corrected chi connectivity index (χ1v) is 11.0. The van der Waals surface area contributed by atoms with Crippen LogP contribution in [0.1, 0.15) is 57.6 Å². The van der Waals surface area contributed by atoms with E-state index in [1.807, 2.05) is 0 Å². The third-order valence-corrected chi connectivity index (χ3v) is 11.5. The van der Waals surface area contributed by atoms with E-state index in [-0.39, 0.29) is 5.60 Å². The predicted molar refractivity (Wildman–Crippen MR) is 92.3 cm³/mol. The van der Waals surface area contributed by atoms with Crippen LogP contribution in [-0.4, -0.2) is 13.9 Å². The molecule has 2 heterocycles. The molecule has 0 aromatic heterocycles. The summed E-state index contributed by atoms with van der Waals surface area (Å²) < 4.78 is 6.65. The van der Waals surface area contributed by atoms with E-state index in [1.165, 1.54) is 48.9 Å². The lowest BCUT2D eigenvalue weighted by molar-refractivity contribution is 0.0910. The first-order valence-electron chi connectivity index (χ1n) is 8.66. The molecule has 2 unspecified atom stereocenters. The Balaban J connectivity index is 1.50. The molecule has 2 saturated heterocycles. The SMILES string of the molecule is CCC(C)(C)O[Si]12CCC1(CCCc1ccc(C)cc1)C2. The number of hydrogen-bond donors (Lipinski definition) is 0. The van der Waals surface area contributed by atoms with Gasteiger partial charge >= 0.3 is 0 Å². The van der Waals surface area contributed by atoms with Crippen LogP contribution >= 0.6 is 0 Å². The van der Waals surface area contributed by atoms with E-state index in [1.54, 1.807) is 0 Å². The Bertz CT molecular complexity index is 507. The first kappa shape index (κ1) is 15.3. The van der Waals surface area contributed by atoms with Gasteiger partial charge in [0.1, 0.15) is 0 Å². The molecule has 0 amide bonds. The number of benzene rings is 1. The molecule has 116 valence electrons. The van der Waals surface area contributed by atoms with Gasteiger partial charge < -0.3 is 4.43 Å². The largest absolute Gasteiger partial charge is 0.411 e. The summed E-state index contributed by atoms with van der Waals surface area (Å²) in [5.41, 5.74) is 2.98. The Kier molecular flexibility index (Phi) is 3.82. The molecule has 0 saturated carbocycles. The van der Waals surface area contributed by atoms with Crippen LogP contribution in [-0.2, 0) is 10.8 Å². The fourth-order valence-electron chi connectivity index (χ4n) is 4.06. The Labute approximate surface area is 131 Å². The molecule has 2 aliphatic rings. The molecule has 2 aliphatic heterocycles. The molecule has 1 aromatic rings. The molecular weight excluding hydrogens is 272 g/mol. The molecule has 2 atom stereocenters. The molecule has 2 heteroatoms. The van der Waals surface area contributed by atoms with E-state index < -0.39 is 8.32 Å². The fourth-order valence-corrected chi connectivity index (χ4v) is 9.93. The Hall–Kier alpha value is -0.603. The van der Waals surface area contributed by atoms with E-state index >= 15 is 0 Å². The standard InChI is InChI=1S/C19H30OSi/c1-5-18(3,4)20-21-14-13-19(21,15-21)12-6-7-17-10-8-16(2)9-11-17/h8-11H,5-7,12-15H2,1-4H3. The highest BCUT2D eigenvalue weighted by Crippen LogP contribution is 2.79. The minimum absolute atomic E-state index is 0.116. The molecule has 0 radical (unpaired) electrons. The van der Waals surface area contributed by atoms with E-state index in [0.29, 0.717) is 5.04 Å². The molecule has 21 heavy (non-hydrogen) atoms. The summed E-state index contributed by atoms with van der Waals surface area (Å²) in [6, 6.07) is 11.9. The Morgan fingerprint density at radius 2 is 1.95 bits per heavy atom. The van der Waals surface area contributed by atoms with Gasteiger partial charge in [0.05, 0.1) is 5.60 Å². The van der Waals surface area contributed by atoms with Crippen molar-refractivity contribution >= 4 is 8.32 Å². The lowest BCUT2D eigenvalue weighted by Crippen LogP contribution is -2.42. The number of hydrogen-bond acceptors (Lipinski definition) is 1.